The van der Waals surface area contributed by atoms with E-state index in [1.54, 1.807) is 0 Å². The molecule has 61 heavy (non-hydrogen) atoms. The number of amides is 1. The molecular formula is C49H68ClN7O4. The molecule has 0 saturated heterocycles. The highest BCUT2D eigenvalue weighted by Crippen LogP contribution is 2.62. The summed E-state index contributed by atoms with van der Waals surface area (Å²) in [5, 5.41) is 27.5. The van der Waals surface area contributed by atoms with Crippen LogP contribution in [0, 0.1) is 10.8 Å². The third-order valence-corrected chi connectivity index (χ3v) is 14.9. The second kappa shape index (κ2) is 18.3. The number of hydrogen-bond donors (Lipinski definition) is 4. The van der Waals surface area contributed by atoms with Crippen LogP contribution in [-0.2, 0) is 29.6 Å². The Labute approximate surface area is 368 Å². The summed E-state index contributed by atoms with van der Waals surface area (Å²) in [6, 6.07) is 11.8. The first-order chi connectivity index (χ1) is 29.1. The third kappa shape index (κ3) is 9.04. The Hall–Kier alpha value is -4.16. The van der Waals surface area contributed by atoms with Crippen molar-refractivity contribution in [2.75, 3.05) is 50.4 Å². The second-order valence-electron chi connectivity index (χ2n) is 18.8. The van der Waals surface area contributed by atoms with Gasteiger partial charge in [0, 0.05) is 88.8 Å². The maximum Gasteiger partial charge on any atom is 0.309 e. The Morgan fingerprint density at radius 1 is 0.967 bits per heavy atom. The summed E-state index contributed by atoms with van der Waals surface area (Å²) in [5.41, 5.74) is 9.77. The van der Waals surface area contributed by atoms with Crippen LogP contribution in [0.25, 0.3) is 16.8 Å². The first-order valence-electron chi connectivity index (χ1n) is 22.6. The van der Waals surface area contributed by atoms with Crippen LogP contribution in [0.1, 0.15) is 122 Å². The van der Waals surface area contributed by atoms with Gasteiger partial charge in [-0.05, 0) is 106 Å². The molecule has 3 heterocycles. The standard InChI is InChI=1S/C49H68ClN7O4/c1-9-13-39(45-52-40-28-57(25-19-42(40)55(45)8)30-48-20-22-49(29-48,23-21-48)47(60)61)51-38-17-12-15-36(44(38)50)35-14-11-16-37(43(35)31(3)10-2)53-46(59)34(6)54(7)41-18-24-56(26-32(41)4)27-33(5)58/h11-17,31,33-34,51,58H,9-10,18-30H2,1-8H3,(H,53,59)(H,60,61)/b39-13+. The number of carboxylic acid groups (broad SMARTS) is 1. The zero-order valence-corrected chi connectivity index (χ0v) is 38.5. The Kier molecular flexibility index (Phi) is 13.5. The number of aliphatic carboxylic acids is 1. The Morgan fingerprint density at radius 3 is 2.30 bits per heavy atom. The molecule has 2 aliphatic carbocycles. The number of aliphatic hydroxyl groups excluding tert-OH is 1. The average molecular weight is 855 g/mol. The van der Waals surface area contributed by atoms with E-state index in [4.69, 9.17) is 16.6 Å². The summed E-state index contributed by atoms with van der Waals surface area (Å²) < 4.78 is 2.22. The molecule has 12 heteroatoms. The highest BCUT2D eigenvalue weighted by molar-refractivity contribution is 6.36. The van der Waals surface area contributed by atoms with Gasteiger partial charge < -0.3 is 30.3 Å². The summed E-state index contributed by atoms with van der Waals surface area (Å²) in [6.07, 6.45) is 9.64. The fourth-order valence-corrected chi connectivity index (χ4v) is 11.2. The van der Waals surface area contributed by atoms with E-state index >= 15 is 0 Å². The van der Waals surface area contributed by atoms with Crippen LogP contribution >= 0.6 is 11.6 Å². The zero-order valence-electron chi connectivity index (χ0n) is 37.7. The van der Waals surface area contributed by atoms with Crippen LogP contribution < -0.4 is 10.6 Å². The lowest BCUT2D eigenvalue weighted by atomic mass is 9.81. The number of aromatic nitrogens is 2. The van der Waals surface area contributed by atoms with Gasteiger partial charge in [-0.3, -0.25) is 19.4 Å². The highest BCUT2D eigenvalue weighted by Gasteiger charge is 2.58. The molecule has 2 bridgehead atoms. The number of hydrogen-bond acceptors (Lipinski definition) is 8. The number of likely N-dealkylation sites (N-methyl/N-ethyl adjacent to an activating group) is 1. The number of carboxylic acids is 1. The number of rotatable bonds is 16. The first kappa shape index (κ1) is 44.9. The Morgan fingerprint density at radius 2 is 1.66 bits per heavy atom. The number of carbonyl (C=O) groups is 2. The highest BCUT2D eigenvalue weighted by atomic mass is 35.5. The van der Waals surface area contributed by atoms with Crippen molar-refractivity contribution in [1.29, 1.82) is 0 Å². The van der Waals surface area contributed by atoms with E-state index in [0.717, 1.165) is 136 Å². The van der Waals surface area contributed by atoms with Crippen LogP contribution in [-0.4, -0.2) is 98.3 Å². The van der Waals surface area contributed by atoms with E-state index in [-0.39, 0.29) is 23.3 Å². The van der Waals surface area contributed by atoms with Crippen LogP contribution in [0.15, 0.2) is 53.7 Å². The monoisotopic (exact) mass is 854 g/mol. The molecular weight excluding hydrogens is 786 g/mol. The van der Waals surface area contributed by atoms with Crippen molar-refractivity contribution in [2.24, 2.45) is 17.9 Å². The SMILES string of the molecule is CC/C=C(/Nc1cccc(-c2cccc(NC(=O)C(C)N(C)C3=C(C)CN(CC(C)O)CC3)c2C(C)CC)c1Cl)c1nc2c(n1C)CCN(CC13CCC(C(=O)O)(CC1)C3)C2. The van der Waals surface area contributed by atoms with E-state index in [0.29, 0.717) is 11.6 Å². The molecule has 11 nitrogen and oxygen atoms in total. The van der Waals surface area contributed by atoms with Gasteiger partial charge in [0.15, 0.2) is 5.82 Å². The molecule has 0 radical (unpaired) electrons. The van der Waals surface area contributed by atoms with Crippen molar-refractivity contribution in [3.8, 4) is 11.1 Å². The first-order valence-corrected chi connectivity index (χ1v) is 23.0. The molecule has 4 N–H and O–H groups in total. The number of allylic oxidation sites excluding steroid dienone is 1. The molecule has 2 fully saturated rings. The molecule has 2 aliphatic heterocycles. The minimum atomic E-state index is -0.607. The third-order valence-electron chi connectivity index (χ3n) is 14.5. The molecule has 1 amide bonds. The summed E-state index contributed by atoms with van der Waals surface area (Å²) >= 11 is 7.41. The lowest BCUT2D eigenvalue weighted by molar-refractivity contribution is -0.148. The summed E-state index contributed by atoms with van der Waals surface area (Å²) in [5.74, 6) is 0.347. The van der Waals surface area contributed by atoms with Gasteiger partial charge in [-0.1, -0.05) is 62.7 Å². The van der Waals surface area contributed by atoms with E-state index in [2.05, 4.69) is 82.9 Å². The Bertz CT molecular complexity index is 2180. The normalized spacial score (nSPS) is 23.5. The van der Waals surface area contributed by atoms with Crippen LogP contribution in [0.4, 0.5) is 11.4 Å². The van der Waals surface area contributed by atoms with Crippen molar-refractivity contribution < 1.29 is 19.8 Å². The van der Waals surface area contributed by atoms with Gasteiger partial charge in [-0.15, -0.1) is 0 Å². The van der Waals surface area contributed by atoms with Gasteiger partial charge in [0.05, 0.1) is 33.6 Å². The number of aliphatic hydroxyl groups is 1. The fraction of sp³-hybridized carbons (Fsp3) is 0.571. The van der Waals surface area contributed by atoms with Crippen molar-refractivity contribution in [2.45, 2.75) is 124 Å². The fourth-order valence-electron chi connectivity index (χ4n) is 10.9. The minimum Gasteiger partial charge on any atom is -0.481 e. The van der Waals surface area contributed by atoms with Crippen LogP contribution in [0.2, 0.25) is 5.02 Å². The number of imidazole rings is 1. The van der Waals surface area contributed by atoms with Crippen molar-refractivity contribution >= 4 is 40.5 Å². The van der Waals surface area contributed by atoms with Gasteiger partial charge in [0.1, 0.15) is 6.04 Å². The number of anilines is 2. The molecule has 2 aromatic carbocycles. The van der Waals surface area contributed by atoms with E-state index in [1.165, 1.54) is 17.0 Å². The number of halogens is 1. The van der Waals surface area contributed by atoms with Gasteiger partial charge in [-0.25, -0.2) is 4.98 Å². The number of β-amino-alcohol motifs (C(OH)–C–C–N with tert-alkyl or cyclic N) is 1. The average Bonchev–Trinajstić information content (AvgIpc) is 3.90. The van der Waals surface area contributed by atoms with E-state index in [9.17, 15) is 19.8 Å². The second-order valence-corrected chi connectivity index (χ2v) is 19.2. The van der Waals surface area contributed by atoms with Crippen molar-refractivity contribution in [3.05, 3.63) is 81.5 Å². The zero-order chi connectivity index (χ0) is 43.8. The predicted molar refractivity (Wildman–Crippen MR) is 247 cm³/mol. The smallest absolute Gasteiger partial charge is 0.309 e. The molecule has 1 aromatic heterocycles. The summed E-state index contributed by atoms with van der Waals surface area (Å²) in [7, 11) is 4.11. The largest absolute Gasteiger partial charge is 0.481 e. The molecule has 3 aromatic rings. The summed E-state index contributed by atoms with van der Waals surface area (Å²) in [6.45, 7) is 17.3. The maximum atomic E-state index is 14.0. The minimum absolute atomic E-state index is 0.0652. The van der Waals surface area contributed by atoms with E-state index in [1.807, 2.05) is 45.2 Å². The molecule has 330 valence electrons. The van der Waals surface area contributed by atoms with Gasteiger partial charge in [0.25, 0.3) is 0 Å². The van der Waals surface area contributed by atoms with Crippen molar-refractivity contribution in [3.63, 3.8) is 0 Å². The molecule has 4 aliphatic rings. The molecule has 0 spiro atoms. The molecule has 2 saturated carbocycles. The molecule has 3 atom stereocenters. The Balaban J connectivity index is 1.10. The molecule has 7 rings (SSSR count). The quantitative estimate of drug-likeness (QED) is 0.112. The summed E-state index contributed by atoms with van der Waals surface area (Å²) in [4.78, 5) is 38.3. The lowest BCUT2D eigenvalue weighted by Gasteiger charge is -2.37. The lowest BCUT2D eigenvalue weighted by Crippen LogP contribution is -2.43. The van der Waals surface area contributed by atoms with E-state index < -0.39 is 17.4 Å². The number of nitrogens with zero attached hydrogens (tertiary/aromatic N) is 5. The topological polar surface area (TPSA) is 126 Å². The van der Waals surface area contributed by atoms with Crippen LogP contribution in [0.3, 0.4) is 0 Å². The number of benzene rings is 2. The van der Waals surface area contributed by atoms with Gasteiger partial charge >= 0.3 is 5.97 Å². The van der Waals surface area contributed by atoms with Crippen molar-refractivity contribution in [1.82, 2.24) is 24.3 Å². The molecule has 3 unspecified atom stereocenters. The van der Waals surface area contributed by atoms with Crippen LogP contribution in [0.5, 0.6) is 0 Å². The number of carbonyl (C=O) groups excluding carboxylic acids is 1. The number of fused-ring (bicyclic) bond motifs is 3. The maximum absolute atomic E-state index is 14.0. The number of nitrogens with one attached hydrogen (secondary N) is 2. The van der Waals surface area contributed by atoms with Gasteiger partial charge in [-0.2, -0.15) is 0 Å². The van der Waals surface area contributed by atoms with Gasteiger partial charge in [0.2, 0.25) is 5.91 Å². The predicted octanol–water partition coefficient (Wildman–Crippen LogP) is 9.13.